The summed E-state index contributed by atoms with van der Waals surface area (Å²) in [6.07, 6.45) is 15.7. The van der Waals surface area contributed by atoms with Gasteiger partial charge in [-0.25, -0.2) is 0 Å². The van der Waals surface area contributed by atoms with Crippen LogP contribution in [0.25, 0.3) is 35.2 Å². The number of fused-ring (bicyclic) bond motifs is 1. The minimum absolute atomic E-state index is 1.08. The van der Waals surface area contributed by atoms with E-state index in [4.69, 9.17) is 0 Å². The quantitative estimate of drug-likeness (QED) is 0.554. The van der Waals surface area contributed by atoms with Crippen molar-refractivity contribution in [2.24, 2.45) is 0 Å². The first-order valence-electron chi connectivity index (χ1n) is 8.17. The molecule has 3 heterocycles. The molecule has 0 fully saturated rings. The van der Waals surface area contributed by atoms with Gasteiger partial charge >= 0.3 is 0 Å². The topological polar surface area (TPSA) is 41.6 Å². The van der Waals surface area contributed by atoms with Crippen LogP contribution in [-0.2, 0) is 0 Å². The van der Waals surface area contributed by atoms with Crippen LogP contribution in [0.15, 0.2) is 73.3 Å². The predicted octanol–water partition coefficient (Wildman–Crippen LogP) is 5.30. The second kappa shape index (κ2) is 6.97. The third kappa shape index (κ3) is 3.40. The minimum atomic E-state index is 1.08. The van der Waals surface area contributed by atoms with Crippen LogP contribution >= 0.6 is 0 Å². The van der Waals surface area contributed by atoms with Gasteiger partial charge in [-0.2, -0.15) is 0 Å². The predicted molar refractivity (Wildman–Crippen MR) is 105 cm³/mol. The molecule has 0 saturated heterocycles. The van der Waals surface area contributed by atoms with Crippen LogP contribution in [0.1, 0.15) is 22.4 Å². The molecule has 0 aliphatic rings. The van der Waals surface area contributed by atoms with E-state index in [1.807, 2.05) is 36.5 Å². The summed E-state index contributed by atoms with van der Waals surface area (Å²) in [7, 11) is 0. The zero-order valence-corrected chi connectivity index (χ0v) is 13.6. The molecule has 0 saturated carbocycles. The zero-order chi connectivity index (χ0) is 16.9. The number of hydrogen-bond acceptors (Lipinski definition) is 2. The first kappa shape index (κ1) is 15.1. The van der Waals surface area contributed by atoms with Crippen LogP contribution in [0, 0.1) is 0 Å². The highest BCUT2D eigenvalue weighted by Crippen LogP contribution is 2.26. The van der Waals surface area contributed by atoms with Gasteiger partial charge in [0.1, 0.15) is 0 Å². The number of pyridine rings is 2. The Morgan fingerprint density at radius 1 is 0.680 bits per heavy atom. The largest absolute Gasteiger partial charge is 0.355 e. The maximum Gasteiger partial charge on any atom is 0.0465 e. The molecule has 0 bridgehead atoms. The van der Waals surface area contributed by atoms with E-state index in [2.05, 4.69) is 57.5 Å². The summed E-state index contributed by atoms with van der Waals surface area (Å²) < 4.78 is 0. The molecule has 120 valence electrons. The summed E-state index contributed by atoms with van der Waals surface area (Å²) >= 11 is 0. The lowest BCUT2D eigenvalue weighted by atomic mass is 10.1. The Labute approximate surface area is 146 Å². The van der Waals surface area contributed by atoms with E-state index < -0.39 is 0 Å². The Morgan fingerprint density at radius 3 is 2.36 bits per heavy atom. The SMILES string of the molecule is C(=C\c1[nH]c2ccccc2c1/C=C/c1cccnc1)/c1ccncc1. The molecule has 4 rings (SSSR count). The number of nitrogens with one attached hydrogen (secondary N) is 1. The number of para-hydroxylation sites is 1. The first-order chi connectivity index (χ1) is 12.4. The van der Waals surface area contributed by atoms with Crippen molar-refractivity contribution < 1.29 is 0 Å². The Kier molecular flexibility index (Phi) is 4.21. The lowest BCUT2D eigenvalue weighted by Crippen LogP contribution is -1.78. The van der Waals surface area contributed by atoms with Crippen LogP contribution in [0.4, 0.5) is 0 Å². The van der Waals surface area contributed by atoms with Gasteiger partial charge in [0, 0.05) is 46.9 Å². The van der Waals surface area contributed by atoms with Crippen molar-refractivity contribution in [1.29, 1.82) is 0 Å². The summed E-state index contributed by atoms with van der Waals surface area (Å²) in [5.41, 5.74) is 5.58. The summed E-state index contributed by atoms with van der Waals surface area (Å²) in [6.45, 7) is 0. The molecule has 25 heavy (non-hydrogen) atoms. The number of aromatic amines is 1. The summed E-state index contributed by atoms with van der Waals surface area (Å²) in [5.74, 6) is 0. The highest BCUT2D eigenvalue weighted by atomic mass is 14.7. The number of hydrogen-bond donors (Lipinski definition) is 1. The monoisotopic (exact) mass is 323 g/mol. The van der Waals surface area contributed by atoms with Crippen molar-refractivity contribution in [1.82, 2.24) is 15.0 Å². The van der Waals surface area contributed by atoms with Gasteiger partial charge in [-0.05, 0) is 41.5 Å². The molecular weight excluding hydrogens is 306 g/mol. The standard InChI is InChI=1S/C22H17N3/c1-2-6-21-19(5-1)20(9-7-18-4-3-13-24-16-18)22(25-21)10-8-17-11-14-23-15-12-17/h1-16,25H/b9-7+,10-8+. The molecule has 3 heteroatoms. The lowest BCUT2D eigenvalue weighted by molar-refractivity contribution is 1.32. The molecule has 0 aliphatic heterocycles. The normalized spacial score (nSPS) is 11.7. The van der Waals surface area contributed by atoms with Gasteiger partial charge < -0.3 is 4.98 Å². The van der Waals surface area contributed by atoms with E-state index in [1.54, 1.807) is 18.6 Å². The molecule has 1 aromatic carbocycles. The van der Waals surface area contributed by atoms with Crippen molar-refractivity contribution in [3.05, 3.63) is 95.7 Å². The van der Waals surface area contributed by atoms with Crippen LogP contribution in [0.2, 0.25) is 0 Å². The van der Waals surface area contributed by atoms with E-state index in [1.165, 1.54) is 10.9 Å². The third-order valence-corrected chi connectivity index (χ3v) is 4.05. The Morgan fingerprint density at radius 2 is 1.52 bits per heavy atom. The fourth-order valence-electron chi connectivity index (χ4n) is 2.80. The molecule has 4 aromatic rings. The van der Waals surface area contributed by atoms with Crippen LogP contribution < -0.4 is 0 Å². The number of benzene rings is 1. The number of H-pyrrole nitrogens is 1. The molecule has 0 radical (unpaired) electrons. The number of aromatic nitrogens is 3. The number of rotatable bonds is 4. The van der Waals surface area contributed by atoms with Gasteiger partial charge in [-0.1, -0.05) is 42.5 Å². The number of nitrogens with zero attached hydrogens (tertiary/aromatic N) is 2. The van der Waals surface area contributed by atoms with Gasteiger partial charge in [0.05, 0.1) is 0 Å². The fraction of sp³-hybridized carbons (Fsp3) is 0. The minimum Gasteiger partial charge on any atom is -0.355 e. The van der Waals surface area contributed by atoms with Crippen LogP contribution in [0.3, 0.4) is 0 Å². The highest BCUT2D eigenvalue weighted by Gasteiger charge is 2.06. The highest BCUT2D eigenvalue weighted by molar-refractivity contribution is 5.96. The first-order valence-corrected chi connectivity index (χ1v) is 8.17. The third-order valence-electron chi connectivity index (χ3n) is 4.05. The van der Waals surface area contributed by atoms with E-state index in [-0.39, 0.29) is 0 Å². The van der Waals surface area contributed by atoms with Gasteiger partial charge in [-0.15, -0.1) is 0 Å². The molecule has 0 amide bonds. The Balaban J connectivity index is 1.76. The van der Waals surface area contributed by atoms with Crippen molar-refractivity contribution in [3.8, 4) is 0 Å². The van der Waals surface area contributed by atoms with Crippen molar-refractivity contribution in [3.63, 3.8) is 0 Å². The molecular formula is C22H17N3. The lowest BCUT2D eigenvalue weighted by Gasteiger charge is -1.96. The van der Waals surface area contributed by atoms with Gasteiger partial charge in [0.2, 0.25) is 0 Å². The fourth-order valence-corrected chi connectivity index (χ4v) is 2.80. The van der Waals surface area contributed by atoms with Crippen LogP contribution in [0.5, 0.6) is 0 Å². The zero-order valence-electron chi connectivity index (χ0n) is 13.6. The van der Waals surface area contributed by atoms with Gasteiger partial charge in [0.15, 0.2) is 0 Å². The molecule has 0 aliphatic carbocycles. The van der Waals surface area contributed by atoms with E-state index in [0.29, 0.717) is 0 Å². The molecule has 3 nitrogen and oxygen atoms in total. The van der Waals surface area contributed by atoms with Crippen LogP contribution in [-0.4, -0.2) is 15.0 Å². The van der Waals surface area contributed by atoms with E-state index >= 15 is 0 Å². The molecule has 0 atom stereocenters. The maximum atomic E-state index is 4.17. The summed E-state index contributed by atoms with van der Waals surface area (Å²) in [4.78, 5) is 11.7. The molecule has 0 spiro atoms. The molecule has 0 unspecified atom stereocenters. The van der Waals surface area contributed by atoms with Crippen molar-refractivity contribution >= 4 is 35.2 Å². The molecule has 3 aromatic heterocycles. The second-order valence-electron chi connectivity index (χ2n) is 5.73. The summed E-state index contributed by atoms with van der Waals surface area (Å²) in [5, 5.41) is 1.21. The molecule has 1 N–H and O–H groups in total. The maximum absolute atomic E-state index is 4.17. The van der Waals surface area contributed by atoms with Gasteiger partial charge in [-0.3, -0.25) is 9.97 Å². The van der Waals surface area contributed by atoms with E-state index in [0.717, 1.165) is 22.3 Å². The Hall–Kier alpha value is -3.46. The van der Waals surface area contributed by atoms with Crippen molar-refractivity contribution in [2.75, 3.05) is 0 Å². The van der Waals surface area contributed by atoms with E-state index in [9.17, 15) is 0 Å². The second-order valence-corrected chi connectivity index (χ2v) is 5.73. The van der Waals surface area contributed by atoms with Gasteiger partial charge in [0.25, 0.3) is 0 Å². The van der Waals surface area contributed by atoms with Crippen molar-refractivity contribution in [2.45, 2.75) is 0 Å². The average Bonchev–Trinajstić information content (AvgIpc) is 3.04. The average molecular weight is 323 g/mol. The smallest absolute Gasteiger partial charge is 0.0465 e. The summed E-state index contributed by atoms with van der Waals surface area (Å²) in [6, 6.07) is 16.3. The Bertz CT molecular complexity index is 1030.